The van der Waals surface area contributed by atoms with Gasteiger partial charge in [-0.2, -0.15) is 0 Å². The molecule has 1 aliphatic rings. The highest BCUT2D eigenvalue weighted by atomic mass is 16.5. The van der Waals surface area contributed by atoms with Gasteiger partial charge < -0.3 is 25.0 Å². The number of fused-ring (bicyclic) bond motifs is 1. The van der Waals surface area contributed by atoms with Crippen molar-refractivity contribution in [1.29, 1.82) is 0 Å². The van der Waals surface area contributed by atoms with Crippen LogP contribution in [0.25, 0.3) is 10.9 Å². The van der Waals surface area contributed by atoms with Gasteiger partial charge in [-0.15, -0.1) is 0 Å². The van der Waals surface area contributed by atoms with Gasteiger partial charge >= 0.3 is 5.97 Å². The number of nitrogens with zero attached hydrogens (tertiary/aromatic N) is 2. The number of ether oxygens (including phenoxy) is 1. The monoisotopic (exact) mass is 423 g/mol. The molecule has 0 bridgehead atoms. The summed E-state index contributed by atoms with van der Waals surface area (Å²) in [6.07, 6.45) is 2.36. The SMILES string of the molecule is CC(C)N1CCC(N)CC1.COc1cccc(Cn2c(C(=O)O)cc3ccccc32)c1. The first-order chi connectivity index (χ1) is 14.9. The summed E-state index contributed by atoms with van der Waals surface area (Å²) in [5, 5.41) is 10.3. The van der Waals surface area contributed by atoms with Gasteiger partial charge in [-0.05, 0) is 69.6 Å². The van der Waals surface area contributed by atoms with Crippen molar-refractivity contribution in [3.63, 3.8) is 0 Å². The summed E-state index contributed by atoms with van der Waals surface area (Å²) < 4.78 is 7.03. The number of carbonyl (C=O) groups is 1. The molecular formula is C25H33N3O3. The van der Waals surface area contributed by atoms with Crippen molar-refractivity contribution in [2.24, 2.45) is 5.73 Å². The fourth-order valence-electron chi connectivity index (χ4n) is 3.95. The summed E-state index contributed by atoms with van der Waals surface area (Å²) in [6, 6.07) is 18.2. The maximum absolute atomic E-state index is 11.5. The highest BCUT2D eigenvalue weighted by molar-refractivity contribution is 5.94. The third-order valence-electron chi connectivity index (χ3n) is 5.81. The number of hydrogen-bond acceptors (Lipinski definition) is 4. The highest BCUT2D eigenvalue weighted by Gasteiger charge is 2.17. The number of methoxy groups -OCH3 is 1. The van der Waals surface area contributed by atoms with Gasteiger partial charge in [0.25, 0.3) is 0 Å². The third kappa shape index (κ3) is 5.87. The van der Waals surface area contributed by atoms with E-state index >= 15 is 0 Å². The second-order valence-corrected chi connectivity index (χ2v) is 8.30. The highest BCUT2D eigenvalue weighted by Crippen LogP contribution is 2.22. The summed E-state index contributed by atoms with van der Waals surface area (Å²) in [6.45, 7) is 7.37. The molecule has 0 aliphatic carbocycles. The smallest absolute Gasteiger partial charge is 0.352 e. The molecule has 31 heavy (non-hydrogen) atoms. The average molecular weight is 424 g/mol. The Hall–Kier alpha value is -2.83. The second-order valence-electron chi connectivity index (χ2n) is 8.30. The molecule has 6 nitrogen and oxygen atoms in total. The van der Waals surface area contributed by atoms with Gasteiger partial charge in [0, 0.05) is 29.5 Å². The van der Waals surface area contributed by atoms with Crippen molar-refractivity contribution in [2.75, 3.05) is 20.2 Å². The van der Waals surface area contributed by atoms with Crippen molar-refractivity contribution >= 4 is 16.9 Å². The number of hydrogen-bond donors (Lipinski definition) is 2. The molecule has 4 rings (SSSR count). The first-order valence-corrected chi connectivity index (χ1v) is 10.8. The molecule has 166 valence electrons. The van der Waals surface area contributed by atoms with E-state index in [1.54, 1.807) is 13.2 Å². The minimum Gasteiger partial charge on any atom is -0.497 e. The predicted octanol–water partition coefficient (Wildman–Crippen LogP) is 4.21. The van der Waals surface area contributed by atoms with Crippen LogP contribution in [-0.2, 0) is 6.54 Å². The van der Waals surface area contributed by atoms with Gasteiger partial charge in [-0.25, -0.2) is 4.79 Å². The van der Waals surface area contributed by atoms with Crippen LogP contribution in [0.2, 0.25) is 0 Å². The molecule has 0 spiro atoms. The van der Waals surface area contributed by atoms with Crippen molar-refractivity contribution < 1.29 is 14.6 Å². The summed E-state index contributed by atoms with van der Waals surface area (Å²) in [5.41, 5.74) is 7.97. The van der Waals surface area contributed by atoms with E-state index in [-0.39, 0.29) is 0 Å². The minimum absolute atomic E-state index is 0.291. The molecule has 1 saturated heterocycles. The van der Waals surface area contributed by atoms with Gasteiger partial charge in [0.2, 0.25) is 0 Å². The molecule has 0 radical (unpaired) electrons. The number of piperidine rings is 1. The Morgan fingerprint density at radius 1 is 1.13 bits per heavy atom. The molecule has 0 unspecified atom stereocenters. The fraction of sp³-hybridized carbons (Fsp3) is 0.400. The van der Waals surface area contributed by atoms with E-state index in [0.29, 0.717) is 24.3 Å². The molecule has 1 aromatic heterocycles. The number of aromatic nitrogens is 1. The Balaban J connectivity index is 0.000000229. The van der Waals surface area contributed by atoms with Crippen LogP contribution < -0.4 is 10.5 Å². The number of carboxylic acid groups (broad SMARTS) is 1. The van der Waals surface area contributed by atoms with Crippen LogP contribution in [0.3, 0.4) is 0 Å². The van der Waals surface area contributed by atoms with Gasteiger partial charge in [-0.1, -0.05) is 30.3 Å². The van der Waals surface area contributed by atoms with Gasteiger partial charge in [0.15, 0.2) is 0 Å². The number of carboxylic acids is 1. The lowest BCUT2D eigenvalue weighted by atomic mass is 10.1. The number of rotatable bonds is 5. The summed E-state index contributed by atoms with van der Waals surface area (Å²) >= 11 is 0. The van der Waals surface area contributed by atoms with E-state index in [0.717, 1.165) is 22.2 Å². The lowest BCUT2D eigenvalue weighted by Crippen LogP contribution is -2.42. The number of nitrogens with two attached hydrogens (primary N) is 1. The van der Waals surface area contributed by atoms with Crippen LogP contribution in [0.5, 0.6) is 5.75 Å². The first-order valence-electron chi connectivity index (χ1n) is 10.8. The number of para-hydroxylation sites is 1. The van der Waals surface area contributed by atoms with Crippen molar-refractivity contribution in [3.05, 3.63) is 65.9 Å². The van der Waals surface area contributed by atoms with E-state index in [1.807, 2.05) is 53.1 Å². The maximum Gasteiger partial charge on any atom is 0.352 e. The zero-order valence-corrected chi connectivity index (χ0v) is 18.6. The summed E-state index contributed by atoms with van der Waals surface area (Å²) in [7, 11) is 1.62. The average Bonchev–Trinajstić information content (AvgIpc) is 3.13. The standard InChI is InChI=1S/C17H15NO3.C8H18N2/c1-21-14-7-4-5-12(9-14)11-18-15-8-3-2-6-13(15)10-16(18)17(19)20;1-7(2)10-5-3-8(9)4-6-10/h2-10H,11H2,1H3,(H,19,20);7-8H,3-6,9H2,1-2H3. The van der Waals surface area contributed by atoms with Crippen molar-refractivity contribution in [3.8, 4) is 5.75 Å². The largest absolute Gasteiger partial charge is 0.497 e. The topological polar surface area (TPSA) is 80.7 Å². The Morgan fingerprint density at radius 3 is 2.48 bits per heavy atom. The van der Waals surface area contributed by atoms with Gasteiger partial charge in [-0.3, -0.25) is 0 Å². The Labute approximate surface area is 184 Å². The lowest BCUT2D eigenvalue weighted by molar-refractivity contribution is 0.0686. The molecule has 6 heteroatoms. The Bertz CT molecular complexity index is 1000. The zero-order chi connectivity index (χ0) is 22.4. The molecule has 3 aromatic rings. The molecule has 1 aliphatic heterocycles. The molecule has 0 atom stereocenters. The Morgan fingerprint density at radius 2 is 1.84 bits per heavy atom. The third-order valence-corrected chi connectivity index (χ3v) is 5.81. The van der Waals surface area contributed by atoms with Gasteiger partial charge in [0.05, 0.1) is 7.11 Å². The maximum atomic E-state index is 11.5. The first kappa shape index (κ1) is 22.8. The molecular weight excluding hydrogens is 390 g/mol. The summed E-state index contributed by atoms with van der Waals surface area (Å²) in [5.74, 6) is -0.157. The molecule has 3 N–H and O–H groups in total. The van der Waals surface area contributed by atoms with Crippen LogP contribution in [0.4, 0.5) is 0 Å². The molecule has 2 heterocycles. The molecule has 2 aromatic carbocycles. The predicted molar refractivity (Wildman–Crippen MR) is 125 cm³/mol. The second kappa shape index (κ2) is 10.5. The quantitative estimate of drug-likeness (QED) is 0.642. The van der Waals surface area contributed by atoms with Crippen LogP contribution in [-0.4, -0.2) is 52.8 Å². The molecule has 0 saturated carbocycles. The van der Waals surface area contributed by atoms with Crippen molar-refractivity contribution in [2.45, 2.75) is 45.3 Å². The van der Waals surface area contributed by atoms with Crippen LogP contribution in [0, 0.1) is 0 Å². The number of aromatic carboxylic acids is 1. The van der Waals surface area contributed by atoms with E-state index < -0.39 is 5.97 Å². The minimum atomic E-state index is -0.922. The van der Waals surface area contributed by atoms with Gasteiger partial charge in [0.1, 0.15) is 11.4 Å². The van der Waals surface area contributed by atoms with E-state index in [1.165, 1.54) is 25.9 Å². The van der Waals surface area contributed by atoms with Crippen LogP contribution >= 0.6 is 0 Å². The lowest BCUT2D eigenvalue weighted by Gasteiger charge is -2.32. The molecule has 1 fully saturated rings. The van der Waals surface area contributed by atoms with E-state index in [2.05, 4.69) is 18.7 Å². The van der Waals surface area contributed by atoms with Crippen molar-refractivity contribution in [1.82, 2.24) is 9.47 Å². The normalized spacial score (nSPS) is 15.0. The number of benzene rings is 2. The Kier molecular flexibility index (Phi) is 7.71. The fourth-order valence-corrected chi connectivity index (χ4v) is 3.95. The van der Waals surface area contributed by atoms with E-state index in [4.69, 9.17) is 10.5 Å². The summed E-state index contributed by atoms with van der Waals surface area (Å²) in [4.78, 5) is 13.9. The zero-order valence-electron chi connectivity index (χ0n) is 18.6. The van der Waals surface area contributed by atoms with Crippen LogP contribution in [0.15, 0.2) is 54.6 Å². The molecule has 0 amide bonds. The van der Waals surface area contributed by atoms with Crippen LogP contribution in [0.1, 0.15) is 42.7 Å². The van der Waals surface area contributed by atoms with E-state index in [9.17, 15) is 9.90 Å². The number of likely N-dealkylation sites (tertiary alicyclic amines) is 1.